The largest absolute Gasteiger partial charge is 0.336 e. The van der Waals surface area contributed by atoms with Gasteiger partial charge >= 0.3 is 0 Å². The summed E-state index contributed by atoms with van der Waals surface area (Å²) in [6.07, 6.45) is 13.1. The second-order valence-electron chi connectivity index (χ2n) is 9.49. The number of anilines is 1. The van der Waals surface area contributed by atoms with Crippen LogP contribution in [0.2, 0.25) is 0 Å². The molecule has 1 heterocycles. The van der Waals surface area contributed by atoms with Crippen molar-refractivity contribution in [2.24, 2.45) is 7.05 Å². The van der Waals surface area contributed by atoms with E-state index in [0.717, 1.165) is 37.5 Å². The van der Waals surface area contributed by atoms with Crippen LogP contribution in [0.15, 0.2) is 29.4 Å². The smallest absolute Gasteiger partial charge is 0.233 e. The molecule has 8 nitrogen and oxygen atoms in total. The van der Waals surface area contributed by atoms with Gasteiger partial charge in [0.15, 0.2) is 11.0 Å². The molecule has 4 rings (SSSR count). The van der Waals surface area contributed by atoms with Crippen molar-refractivity contribution in [1.82, 2.24) is 19.7 Å². The van der Waals surface area contributed by atoms with Gasteiger partial charge in [-0.05, 0) is 49.9 Å². The van der Waals surface area contributed by atoms with E-state index >= 15 is 0 Å². The zero-order valence-corrected chi connectivity index (χ0v) is 21.7. The lowest BCUT2D eigenvalue weighted by Gasteiger charge is -2.41. The van der Waals surface area contributed by atoms with E-state index in [-0.39, 0.29) is 5.91 Å². The molecule has 0 unspecified atom stereocenters. The van der Waals surface area contributed by atoms with Crippen LogP contribution in [0.5, 0.6) is 0 Å². The summed E-state index contributed by atoms with van der Waals surface area (Å²) in [6.45, 7) is 0. The standard InChI is InChI=1S/C24H35N5O3S2/c1-28-23(18-13-15-19(16-14-18)27-34(2,31)32)25-26-24(28)33-17-22(30)29(20-9-5-3-6-10-20)21-11-7-4-8-12-21/h13-16,20-21,27H,3-12,17H2,1-2H3. The Balaban J connectivity index is 1.43. The Hall–Kier alpha value is -2.07. The number of benzene rings is 1. The molecule has 2 aromatic rings. The minimum atomic E-state index is -3.32. The molecule has 1 aromatic carbocycles. The number of hydrogen-bond acceptors (Lipinski definition) is 6. The predicted molar refractivity (Wildman–Crippen MR) is 136 cm³/mol. The quantitative estimate of drug-likeness (QED) is 0.533. The number of aromatic nitrogens is 3. The molecule has 1 N–H and O–H groups in total. The number of nitrogens with zero attached hydrogens (tertiary/aromatic N) is 4. The van der Waals surface area contributed by atoms with E-state index in [1.807, 2.05) is 23.7 Å². The van der Waals surface area contributed by atoms with Crippen LogP contribution in [0.4, 0.5) is 5.69 Å². The number of nitrogens with one attached hydrogen (secondary N) is 1. The minimum Gasteiger partial charge on any atom is -0.336 e. The van der Waals surface area contributed by atoms with Crippen molar-refractivity contribution >= 4 is 33.4 Å². The normalized spacial score (nSPS) is 18.1. The Kier molecular flexibility index (Phi) is 8.18. The molecule has 1 amide bonds. The molecule has 186 valence electrons. The molecule has 0 bridgehead atoms. The molecule has 0 aliphatic heterocycles. The Morgan fingerprint density at radius 3 is 2.09 bits per heavy atom. The highest BCUT2D eigenvalue weighted by Crippen LogP contribution is 2.32. The van der Waals surface area contributed by atoms with Crippen LogP contribution >= 0.6 is 11.8 Å². The Morgan fingerprint density at radius 1 is 1.00 bits per heavy atom. The Bertz CT molecular complexity index is 1050. The molecule has 34 heavy (non-hydrogen) atoms. The summed E-state index contributed by atoms with van der Waals surface area (Å²) >= 11 is 1.44. The molecule has 10 heteroatoms. The van der Waals surface area contributed by atoms with E-state index in [2.05, 4.69) is 19.8 Å². The summed E-state index contributed by atoms with van der Waals surface area (Å²) in [4.78, 5) is 15.7. The number of sulfonamides is 1. The lowest BCUT2D eigenvalue weighted by atomic mass is 9.88. The molecule has 2 aliphatic rings. The predicted octanol–water partition coefficient (Wildman–Crippen LogP) is 4.44. The second-order valence-corrected chi connectivity index (χ2v) is 12.2. The summed E-state index contributed by atoms with van der Waals surface area (Å²) < 4.78 is 27.2. The monoisotopic (exact) mass is 505 g/mol. The molecule has 1 aromatic heterocycles. The lowest BCUT2D eigenvalue weighted by Crippen LogP contribution is -2.49. The van der Waals surface area contributed by atoms with Gasteiger partial charge in [0.1, 0.15) is 0 Å². The topological polar surface area (TPSA) is 97.2 Å². The lowest BCUT2D eigenvalue weighted by molar-refractivity contribution is -0.135. The highest BCUT2D eigenvalue weighted by molar-refractivity contribution is 7.99. The van der Waals surface area contributed by atoms with E-state index in [4.69, 9.17) is 0 Å². The Labute approximate surface area is 206 Å². The number of hydrogen-bond donors (Lipinski definition) is 1. The van der Waals surface area contributed by atoms with E-state index < -0.39 is 10.0 Å². The van der Waals surface area contributed by atoms with Crippen molar-refractivity contribution in [3.05, 3.63) is 24.3 Å². The van der Waals surface area contributed by atoms with E-state index in [0.29, 0.717) is 34.5 Å². The van der Waals surface area contributed by atoms with Crippen molar-refractivity contribution in [2.75, 3.05) is 16.7 Å². The van der Waals surface area contributed by atoms with Crippen molar-refractivity contribution in [3.8, 4) is 11.4 Å². The van der Waals surface area contributed by atoms with Gasteiger partial charge in [-0.15, -0.1) is 10.2 Å². The number of carbonyl (C=O) groups excluding carboxylic acids is 1. The molecule has 0 spiro atoms. The van der Waals surface area contributed by atoms with E-state index in [1.54, 1.807) is 12.1 Å². The molecular formula is C24H35N5O3S2. The highest BCUT2D eigenvalue weighted by atomic mass is 32.2. The van der Waals surface area contributed by atoms with Crippen molar-refractivity contribution in [2.45, 2.75) is 81.4 Å². The first-order valence-corrected chi connectivity index (χ1v) is 15.1. The maximum atomic E-state index is 13.4. The number of carbonyl (C=O) groups is 1. The zero-order valence-electron chi connectivity index (χ0n) is 20.1. The minimum absolute atomic E-state index is 0.226. The molecule has 0 saturated heterocycles. The molecule has 2 aliphatic carbocycles. The van der Waals surface area contributed by atoms with Crippen molar-refractivity contribution in [1.29, 1.82) is 0 Å². The van der Waals surface area contributed by atoms with Crippen LogP contribution < -0.4 is 4.72 Å². The van der Waals surface area contributed by atoms with Gasteiger partial charge in [-0.3, -0.25) is 9.52 Å². The fourth-order valence-electron chi connectivity index (χ4n) is 5.22. The van der Waals surface area contributed by atoms with Gasteiger partial charge < -0.3 is 9.47 Å². The van der Waals surface area contributed by atoms with E-state index in [1.165, 1.54) is 50.3 Å². The summed E-state index contributed by atoms with van der Waals surface area (Å²) in [5.74, 6) is 1.28. The maximum absolute atomic E-state index is 13.4. The van der Waals surface area contributed by atoms with Crippen molar-refractivity contribution < 1.29 is 13.2 Å². The first-order chi connectivity index (χ1) is 16.3. The van der Waals surface area contributed by atoms with Gasteiger partial charge in [-0.1, -0.05) is 50.3 Å². The molecule has 2 fully saturated rings. The Morgan fingerprint density at radius 2 is 1.56 bits per heavy atom. The van der Waals surface area contributed by atoms with Crippen LogP contribution in [-0.2, 0) is 21.9 Å². The third kappa shape index (κ3) is 6.33. The van der Waals surface area contributed by atoms with Gasteiger partial charge in [-0.2, -0.15) is 0 Å². The van der Waals surface area contributed by atoms with Gasteiger partial charge in [0.2, 0.25) is 15.9 Å². The van der Waals surface area contributed by atoms with Gasteiger partial charge in [0, 0.05) is 30.4 Å². The molecular weight excluding hydrogens is 470 g/mol. The van der Waals surface area contributed by atoms with Crippen LogP contribution in [-0.4, -0.2) is 58.1 Å². The molecule has 0 radical (unpaired) electrons. The summed E-state index contributed by atoms with van der Waals surface area (Å²) in [6, 6.07) is 7.80. The fraction of sp³-hybridized carbons (Fsp3) is 0.625. The maximum Gasteiger partial charge on any atom is 0.233 e. The van der Waals surface area contributed by atoms with Crippen LogP contribution in [0.1, 0.15) is 64.2 Å². The third-order valence-corrected chi connectivity index (χ3v) is 8.44. The second kappa shape index (κ2) is 11.1. The van der Waals surface area contributed by atoms with E-state index in [9.17, 15) is 13.2 Å². The fourth-order valence-corrected chi connectivity index (χ4v) is 6.56. The summed E-state index contributed by atoms with van der Waals surface area (Å²) in [7, 11) is -1.43. The molecule has 0 atom stereocenters. The van der Waals surface area contributed by atoms with Gasteiger partial charge in [0.05, 0.1) is 12.0 Å². The van der Waals surface area contributed by atoms with Crippen LogP contribution in [0, 0.1) is 0 Å². The van der Waals surface area contributed by atoms with Crippen LogP contribution in [0.3, 0.4) is 0 Å². The van der Waals surface area contributed by atoms with Crippen molar-refractivity contribution in [3.63, 3.8) is 0 Å². The number of thioether (sulfide) groups is 1. The van der Waals surface area contributed by atoms with Crippen LogP contribution in [0.25, 0.3) is 11.4 Å². The van der Waals surface area contributed by atoms with Gasteiger partial charge in [0.25, 0.3) is 0 Å². The third-order valence-electron chi connectivity index (χ3n) is 6.83. The van der Waals surface area contributed by atoms with Gasteiger partial charge in [-0.25, -0.2) is 8.42 Å². The highest BCUT2D eigenvalue weighted by Gasteiger charge is 2.32. The number of rotatable bonds is 8. The first-order valence-electron chi connectivity index (χ1n) is 12.2. The SMILES string of the molecule is Cn1c(SCC(=O)N(C2CCCCC2)C2CCCCC2)nnc1-c1ccc(NS(C)(=O)=O)cc1. The summed E-state index contributed by atoms with van der Waals surface area (Å²) in [5.41, 5.74) is 1.33. The first kappa shape index (κ1) is 25.0. The number of amides is 1. The average molecular weight is 506 g/mol. The average Bonchev–Trinajstić information content (AvgIpc) is 3.19. The molecule has 2 saturated carbocycles. The summed E-state index contributed by atoms with van der Waals surface area (Å²) in [5, 5.41) is 9.35. The zero-order chi connectivity index (χ0) is 24.1.